The lowest BCUT2D eigenvalue weighted by molar-refractivity contribution is 0.0946. The number of pyridine rings is 1. The number of nitrogens with one attached hydrogen (secondary N) is 2. The summed E-state index contributed by atoms with van der Waals surface area (Å²) < 4.78 is 0. The minimum Gasteiger partial charge on any atom is -0.384 e. The first kappa shape index (κ1) is 11.4. The number of anilines is 1. The highest BCUT2D eigenvalue weighted by Gasteiger charge is 2.12. The molecule has 0 aliphatic carbocycles. The molecule has 2 heterocycles. The molecule has 0 aromatic carbocycles. The first-order chi connectivity index (χ1) is 8.16. The highest BCUT2D eigenvalue weighted by Crippen LogP contribution is 2.15. The Morgan fingerprint density at radius 1 is 1.53 bits per heavy atom. The van der Waals surface area contributed by atoms with Crippen LogP contribution in [-0.4, -0.2) is 21.1 Å². The first-order valence-corrected chi connectivity index (χ1v) is 5.22. The Bertz CT molecular complexity index is 525. The number of carbonyl (C=O) groups is 1. The van der Waals surface area contributed by atoms with Crippen molar-refractivity contribution in [1.29, 1.82) is 0 Å². The van der Waals surface area contributed by atoms with Crippen molar-refractivity contribution in [1.82, 2.24) is 20.5 Å². The minimum absolute atomic E-state index is 0.121. The van der Waals surface area contributed by atoms with Crippen molar-refractivity contribution in [2.75, 3.05) is 5.73 Å². The smallest absolute Gasteiger partial charge is 0.271 e. The van der Waals surface area contributed by atoms with Crippen molar-refractivity contribution in [3.63, 3.8) is 0 Å². The van der Waals surface area contributed by atoms with Crippen LogP contribution in [0.4, 0.5) is 5.82 Å². The van der Waals surface area contributed by atoms with E-state index in [1.807, 2.05) is 0 Å². The van der Waals surface area contributed by atoms with Gasteiger partial charge in [-0.05, 0) is 12.1 Å². The van der Waals surface area contributed by atoms with E-state index in [9.17, 15) is 4.79 Å². The maximum atomic E-state index is 11.8. The molecule has 0 spiro atoms. The Kier molecular flexibility index (Phi) is 3.24. The van der Waals surface area contributed by atoms with Crippen LogP contribution in [0, 0.1) is 0 Å². The lowest BCUT2D eigenvalue weighted by Crippen LogP contribution is -2.24. The van der Waals surface area contributed by atoms with E-state index in [1.165, 1.54) is 12.1 Å². The van der Waals surface area contributed by atoms with E-state index >= 15 is 0 Å². The molecule has 6 nitrogen and oxygen atoms in total. The quantitative estimate of drug-likeness (QED) is 0.757. The van der Waals surface area contributed by atoms with Crippen LogP contribution in [0.3, 0.4) is 0 Å². The maximum Gasteiger partial charge on any atom is 0.271 e. The number of amides is 1. The number of aromatic amines is 1. The van der Waals surface area contributed by atoms with Crippen LogP contribution in [-0.2, 0) is 6.54 Å². The summed E-state index contributed by atoms with van der Waals surface area (Å²) in [6, 6.07) is 3.08. The molecule has 4 N–H and O–H groups in total. The molecule has 0 saturated carbocycles. The van der Waals surface area contributed by atoms with Crippen LogP contribution in [0.5, 0.6) is 0 Å². The third kappa shape index (κ3) is 2.73. The summed E-state index contributed by atoms with van der Waals surface area (Å²) in [4.78, 5) is 15.7. The molecule has 2 aromatic rings. The third-order valence-electron chi connectivity index (χ3n) is 2.09. The molecule has 0 saturated heterocycles. The SMILES string of the molecule is Nc1ccc(Cl)c(C(=O)NCc2cn[nH]c2)n1. The average Bonchev–Trinajstić information content (AvgIpc) is 2.82. The van der Waals surface area contributed by atoms with E-state index in [0.29, 0.717) is 6.54 Å². The fourth-order valence-corrected chi connectivity index (χ4v) is 1.45. The predicted molar refractivity (Wildman–Crippen MR) is 63.4 cm³/mol. The van der Waals surface area contributed by atoms with Gasteiger partial charge in [0.15, 0.2) is 0 Å². The molecule has 7 heteroatoms. The molecule has 2 aromatic heterocycles. The minimum atomic E-state index is -0.372. The third-order valence-corrected chi connectivity index (χ3v) is 2.40. The van der Waals surface area contributed by atoms with E-state index in [-0.39, 0.29) is 22.4 Å². The van der Waals surface area contributed by atoms with Gasteiger partial charge in [0, 0.05) is 18.3 Å². The molecule has 0 fully saturated rings. The van der Waals surface area contributed by atoms with Gasteiger partial charge in [0.05, 0.1) is 11.2 Å². The summed E-state index contributed by atoms with van der Waals surface area (Å²) in [5, 5.41) is 9.35. The second-order valence-electron chi connectivity index (χ2n) is 3.36. The van der Waals surface area contributed by atoms with Gasteiger partial charge in [0.1, 0.15) is 11.5 Å². The molecule has 2 rings (SSSR count). The fraction of sp³-hybridized carbons (Fsp3) is 0.100. The van der Waals surface area contributed by atoms with Crippen LogP contribution in [0.1, 0.15) is 16.1 Å². The van der Waals surface area contributed by atoms with Crippen molar-refractivity contribution >= 4 is 23.3 Å². The fourth-order valence-electron chi connectivity index (χ4n) is 1.26. The number of hydrogen-bond acceptors (Lipinski definition) is 4. The second kappa shape index (κ2) is 4.84. The molecule has 1 amide bonds. The Hall–Kier alpha value is -2.08. The van der Waals surface area contributed by atoms with Crippen LogP contribution >= 0.6 is 11.6 Å². The van der Waals surface area contributed by atoms with E-state index in [4.69, 9.17) is 17.3 Å². The molecular formula is C10H10ClN5O. The van der Waals surface area contributed by atoms with E-state index < -0.39 is 0 Å². The summed E-state index contributed by atoms with van der Waals surface area (Å²) in [6.45, 7) is 0.349. The maximum absolute atomic E-state index is 11.8. The summed E-state index contributed by atoms with van der Waals surface area (Å²) >= 11 is 5.85. The Balaban J connectivity index is 2.07. The average molecular weight is 252 g/mol. The van der Waals surface area contributed by atoms with Gasteiger partial charge in [-0.2, -0.15) is 5.10 Å². The lowest BCUT2D eigenvalue weighted by Gasteiger charge is -2.05. The number of H-pyrrole nitrogens is 1. The molecule has 17 heavy (non-hydrogen) atoms. The monoisotopic (exact) mass is 251 g/mol. The normalized spacial score (nSPS) is 10.2. The summed E-state index contributed by atoms with van der Waals surface area (Å²) in [5.41, 5.74) is 6.47. The molecule has 0 atom stereocenters. The highest BCUT2D eigenvalue weighted by atomic mass is 35.5. The number of hydrogen-bond donors (Lipinski definition) is 3. The van der Waals surface area contributed by atoms with E-state index in [0.717, 1.165) is 5.56 Å². The van der Waals surface area contributed by atoms with Gasteiger partial charge in [-0.25, -0.2) is 4.98 Å². The number of rotatable bonds is 3. The van der Waals surface area contributed by atoms with Gasteiger partial charge in [-0.3, -0.25) is 9.89 Å². The van der Waals surface area contributed by atoms with Gasteiger partial charge in [-0.15, -0.1) is 0 Å². The molecule has 0 bridgehead atoms. The molecule has 88 valence electrons. The van der Waals surface area contributed by atoms with Crippen LogP contribution in [0.25, 0.3) is 0 Å². The van der Waals surface area contributed by atoms with Gasteiger partial charge < -0.3 is 11.1 Å². The van der Waals surface area contributed by atoms with Crippen molar-refractivity contribution in [3.05, 3.63) is 40.8 Å². The standard InChI is InChI=1S/C10H10ClN5O/c11-7-1-2-8(12)16-9(7)10(17)13-3-6-4-14-15-5-6/h1-2,4-5H,3H2,(H2,12,16)(H,13,17)(H,14,15). The summed E-state index contributed by atoms with van der Waals surface area (Å²) in [5.74, 6) is -0.119. The van der Waals surface area contributed by atoms with Crippen molar-refractivity contribution in [3.8, 4) is 0 Å². The Morgan fingerprint density at radius 2 is 2.35 bits per heavy atom. The van der Waals surface area contributed by atoms with Gasteiger partial charge in [-0.1, -0.05) is 11.6 Å². The van der Waals surface area contributed by atoms with Crippen molar-refractivity contribution in [2.24, 2.45) is 0 Å². The van der Waals surface area contributed by atoms with Crippen molar-refractivity contribution < 1.29 is 4.79 Å². The topological polar surface area (TPSA) is 96.7 Å². The Labute approximate surface area is 102 Å². The highest BCUT2D eigenvalue weighted by molar-refractivity contribution is 6.33. The van der Waals surface area contributed by atoms with Crippen molar-refractivity contribution in [2.45, 2.75) is 6.54 Å². The summed E-state index contributed by atoms with van der Waals surface area (Å²) in [7, 11) is 0. The zero-order valence-electron chi connectivity index (χ0n) is 8.77. The molecule has 0 radical (unpaired) electrons. The van der Waals surface area contributed by atoms with Crippen LogP contribution in [0.15, 0.2) is 24.5 Å². The number of nitrogen functional groups attached to an aromatic ring is 1. The zero-order chi connectivity index (χ0) is 12.3. The van der Waals surface area contributed by atoms with Crippen LogP contribution < -0.4 is 11.1 Å². The molecule has 0 aliphatic heterocycles. The largest absolute Gasteiger partial charge is 0.384 e. The zero-order valence-corrected chi connectivity index (χ0v) is 9.53. The Morgan fingerprint density at radius 3 is 3.06 bits per heavy atom. The van der Waals surface area contributed by atoms with E-state index in [1.54, 1.807) is 12.4 Å². The van der Waals surface area contributed by atoms with Crippen LogP contribution in [0.2, 0.25) is 5.02 Å². The number of aromatic nitrogens is 3. The van der Waals surface area contributed by atoms with E-state index in [2.05, 4.69) is 20.5 Å². The second-order valence-corrected chi connectivity index (χ2v) is 3.76. The molecular weight excluding hydrogens is 242 g/mol. The molecule has 0 aliphatic rings. The van der Waals surface area contributed by atoms with Gasteiger partial charge in [0.2, 0.25) is 0 Å². The predicted octanol–water partition coefficient (Wildman–Crippen LogP) is 0.970. The lowest BCUT2D eigenvalue weighted by atomic mass is 10.3. The number of halogens is 1. The summed E-state index contributed by atoms with van der Waals surface area (Å²) in [6.07, 6.45) is 3.31. The van der Waals surface area contributed by atoms with Gasteiger partial charge >= 0.3 is 0 Å². The molecule has 0 unspecified atom stereocenters. The number of nitrogens with zero attached hydrogens (tertiary/aromatic N) is 2. The first-order valence-electron chi connectivity index (χ1n) is 4.84. The number of nitrogens with two attached hydrogens (primary N) is 1. The van der Waals surface area contributed by atoms with Gasteiger partial charge in [0.25, 0.3) is 5.91 Å². The number of carbonyl (C=O) groups excluding carboxylic acids is 1.